The highest BCUT2D eigenvalue weighted by Crippen LogP contribution is 2.27. The van der Waals surface area contributed by atoms with Gasteiger partial charge in [0.15, 0.2) is 0 Å². The minimum atomic E-state index is -0.0681. The number of rotatable bonds is 7. The molecule has 1 amide bonds. The molecular formula is C18H18N2O3S2. The molecule has 1 N–H and O–H groups in total. The molecule has 0 bridgehead atoms. The lowest BCUT2D eigenvalue weighted by atomic mass is 10.2. The van der Waals surface area contributed by atoms with E-state index in [1.807, 2.05) is 18.2 Å². The zero-order valence-electron chi connectivity index (χ0n) is 13.9. The maximum absolute atomic E-state index is 12.1. The van der Waals surface area contributed by atoms with E-state index < -0.39 is 0 Å². The van der Waals surface area contributed by atoms with Gasteiger partial charge in [0.2, 0.25) is 5.91 Å². The van der Waals surface area contributed by atoms with Crippen LogP contribution in [0.5, 0.6) is 11.5 Å². The first-order valence-corrected chi connectivity index (χ1v) is 9.60. The summed E-state index contributed by atoms with van der Waals surface area (Å²) in [7, 11) is 3.16. The molecule has 130 valence electrons. The van der Waals surface area contributed by atoms with Crippen molar-refractivity contribution in [1.82, 2.24) is 4.98 Å². The Morgan fingerprint density at radius 1 is 1.16 bits per heavy atom. The second-order valence-corrected chi connectivity index (χ2v) is 7.32. The molecule has 25 heavy (non-hydrogen) atoms. The first kappa shape index (κ1) is 17.6. The summed E-state index contributed by atoms with van der Waals surface area (Å²) in [5, 5.41) is 3.90. The van der Waals surface area contributed by atoms with Gasteiger partial charge in [-0.05, 0) is 12.1 Å². The predicted molar refractivity (Wildman–Crippen MR) is 104 cm³/mol. The standard InChI is InChI=1S/C18H18N2O3S2/c1-22-13-7-12(8-14(9-13)23-2)19-17(21)10-24-11-18-20-15-5-3-4-6-16(15)25-18/h3-9H,10-11H2,1-2H3,(H,19,21). The molecule has 2 aromatic carbocycles. The fourth-order valence-electron chi connectivity index (χ4n) is 2.29. The molecule has 5 nitrogen and oxygen atoms in total. The molecule has 3 aromatic rings. The number of nitrogens with zero attached hydrogens (tertiary/aromatic N) is 1. The number of methoxy groups -OCH3 is 2. The molecule has 0 aliphatic heterocycles. The summed E-state index contributed by atoms with van der Waals surface area (Å²) >= 11 is 3.21. The Morgan fingerprint density at radius 3 is 2.56 bits per heavy atom. The fourth-order valence-corrected chi connectivity index (χ4v) is 4.14. The van der Waals surface area contributed by atoms with Crippen LogP contribution in [0, 0.1) is 0 Å². The summed E-state index contributed by atoms with van der Waals surface area (Å²) in [6.45, 7) is 0. The second-order valence-electron chi connectivity index (χ2n) is 5.22. The van der Waals surface area contributed by atoms with Crippen LogP contribution >= 0.6 is 23.1 Å². The number of para-hydroxylation sites is 1. The van der Waals surface area contributed by atoms with Crippen LogP contribution < -0.4 is 14.8 Å². The molecule has 7 heteroatoms. The van der Waals surface area contributed by atoms with E-state index in [0.717, 1.165) is 10.5 Å². The second kappa shape index (κ2) is 8.22. The van der Waals surface area contributed by atoms with Crippen LogP contribution in [0.4, 0.5) is 5.69 Å². The molecule has 0 fully saturated rings. The number of aromatic nitrogens is 1. The Kier molecular flexibility index (Phi) is 5.78. The van der Waals surface area contributed by atoms with E-state index in [-0.39, 0.29) is 5.91 Å². The Morgan fingerprint density at radius 2 is 1.88 bits per heavy atom. The quantitative estimate of drug-likeness (QED) is 0.672. The Hall–Kier alpha value is -2.25. The third-order valence-corrected chi connectivity index (χ3v) is 5.60. The monoisotopic (exact) mass is 374 g/mol. The number of thioether (sulfide) groups is 1. The van der Waals surface area contributed by atoms with Crippen molar-refractivity contribution in [1.29, 1.82) is 0 Å². The number of fused-ring (bicyclic) bond motifs is 1. The van der Waals surface area contributed by atoms with Crippen molar-refractivity contribution in [3.05, 3.63) is 47.5 Å². The smallest absolute Gasteiger partial charge is 0.234 e. The van der Waals surface area contributed by atoms with Crippen molar-refractivity contribution in [2.24, 2.45) is 0 Å². The van der Waals surface area contributed by atoms with Crippen molar-refractivity contribution in [3.63, 3.8) is 0 Å². The summed E-state index contributed by atoms with van der Waals surface area (Å²) in [5.41, 5.74) is 1.66. The zero-order chi connectivity index (χ0) is 17.6. The molecule has 0 aliphatic rings. The van der Waals surface area contributed by atoms with Crippen LogP contribution in [-0.4, -0.2) is 30.9 Å². The fraction of sp³-hybridized carbons (Fsp3) is 0.222. The number of hydrogen-bond acceptors (Lipinski definition) is 6. The minimum Gasteiger partial charge on any atom is -0.497 e. The van der Waals surface area contributed by atoms with E-state index in [1.165, 1.54) is 4.70 Å². The molecule has 0 radical (unpaired) electrons. The third-order valence-electron chi connectivity index (χ3n) is 3.43. The number of thiazole rings is 1. The average Bonchev–Trinajstić information content (AvgIpc) is 3.04. The molecule has 0 aliphatic carbocycles. The zero-order valence-corrected chi connectivity index (χ0v) is 15.6. The SMILES string of the molecule is COc1cc(NC(=O)CSCc2nc3ccccc3s2)cc(OC)c1. The average molecular weight is 374 g/mol. The van der Waals surface area contributed by atoms with Gasteiger partial charge in [0.25, 0.3) is 0 Å². The molecule has 0 atom stereocenters. The normalized spacial score (nSPS) is 10.6. The van der Waals surface area contributed by atoms with E-state index in [2.05, 4.69) is 16.4 Å². The number of anilines is 1. The molecule has 1 heterocycles. The van der Waals surface area contributed by atoms with Crippen LogP contribution in [0.25, 0.3) is 10.2 Å². The van der Waals surface area contributed by atoms with Crippen LogP contribution in [0.1, 0.15) is 5.01 Å². The van der Waals surface area contributed by atoms with Crippen LogP contribution in [-0.2, 0) is 10.5 Å². The summed E-state index contributed by atoms with van der Waals surface area (Å²) in [5.74, 6) is 2.28. The van der Waals surface area contributed by atoms with Crippen LogP contribution in [0.2, 0.25) is 0 Å². The molecular weight excluding hydrogens is 356 g/mol. The maximum atomic E-state index is 12.1. The van der Waals surface area contributed by atoms with Gasteiger partial charge in [0, 0.05) is 29.6 Å². The summed E-state index contributed by atoms with van der Waals surface area (Å²) < 4.78 is 11.6. The largest absolute Gasteiger partial charge is 0.497 e. The maximum Gasteiger partial charge on any atom is 0.234 e. The van der Waals surface area contributed by atoms with Crippen LogP contribution in [0.3, 0.4) is 0 Å². The molecule has 0 saturated carbocycles. The van der Waals surface area contributed by atoms with E-state index in [0.29, 0.717) is 28.7 Å². The predicted octanol–water partition coefficient (Wildman–Crippen LogP) is 4.19. The van der Waals surface area contributed by atoms with Crippen molar-refractivity contribution < 1.29 is 14.3 Å². The number of amides is 1. The van der Waals surface area contributed by atoms with E-state index >= 15 is 0 Å². The third kappa shape index (κ3) is 4.64. The number of benzene rings is 2. The molecule has 0 saturated heterocycles. The van der Waals surface area contributed by atoms with Gasteiger partial charge in [0.05, 0.1) is 30.2 Å². The minimum absolute atomic E-state index is 0.0681. The Bertz CT molecular complexity index is 824. The van der Waals surface area contributed by atoms with Crippen LogP contribution in [0.15, 0.2) is 42.5 Å². The van der Waals surface area contributed by atoms with Gasteiger partial charge in [-0.3, -0.25) is 4.79 Å². The van der Waals surface area contributed by atoms with Gasteiger partial charge in [-0.2, -0.15) is 0 Å². The highest BCUT2D eigenvalue weighted by Gasteiger charge is 2.08. The van der Waals surface area contributed by atoms with Gasteiger partial charge in [-0.1, -0.05) is 12.1 Å². The van der Waals surface area contributed by atoms with Crippen molar-refractivity contribution >= 4 is 44.9 Å². The van der Waals surface area contributed by atoms with Gasteiger partial charge >= 0.3 is 0 Å². The lowest BCUT2D eigenvalue weighted by molar-refractivity contribution is -0.113. The van der Waals surface area contributed by atoms with Gasteiger partial charge in [-0.15, -0.1) is 23.1 Å². The number of carbonyl (C=O) groups excluding carboxylic acids is 1. The van der Waals surface area contributed by atoms with E-state index in [1.54, 1.807) is 55.5 Å². The molecule has 3 rings (SSSR count). The number of nitrogens with one attached hydrogen (secondary N) is 1. The first-order valence-electron chi connectivity index (χ1n) is 7.63. The molecule has 0 spiro atoms. The highest BCUT2D eigenvalue weighted by molar-refractivity contribution is 7.99. The Balaban J connectivity index is 1.54. The molecule has 0 unspecified atom stereocenters. The summed E-state index contributed by atoms with van der Waals surface area (Å²) in [4.78, 5) is 16.7. The first-order chi connectivity index (χ1) is 12.2. The van der Waals surface area contributed by atoms with E-state index in [9.17, 15) is 4.79 Å². The number of hydrogen-bond donors (Lipinski definition) is 1. The van der Waals surface area contributed by atoms with Crippen molar-refractivity contribution in [3.8, 4) is 11.5 Å². The lowest BCUT2D eigenvalue weighted by Crippen LogP contribution is -2.14. The van der Waals surface area contributed by atoms with Gasteiger partial charge < -0.3 is 14.8 Å². The molecule has 1 aromatic heterocycles. The van der Waals surface area contributed by atoms with Gasteiger partial charge in [0.1, 0.15) is 16.5 Å². The topological polar surface area (TPSA) is 60.5 Å². The van der Waals surface area contributed by atoms with E-state index in [4.69, 9.17) is 9.47 Å². The number of carbonyl (C=O) groups is 1. The summed E-state index contributed by atoms with van der Waals surface area (Å²) in [6.07, 6.45) is 0. The van der Waals surface area contributed by atoms with Gasteiger partial charge in [-0.25, -0.2) is 4.98 Å². The highest BCUT2D eigenvalue weighted by atomic mass is 32.2. The van der Waals surface area contributed by atoms with Crippen molar-refractivity contribution in [2.75, 3.05) is 25.3 Å². The summed E-state index contributed by atoms with van der Waals surface area (Å²) in [6, 6.07) is 13.3. The van der Waals surface area contributed by atoms with Crippen molar-refractivity contribution in [2.45, 2.75) is 5.75 Å². The lowest BCUT2D eigenvalue weighted by Gasteiger charge is -2.09. The Labute approximate surface area is 154 Å². The number of ether oxygens (including phenoxy) is 2.